The fourth-order valence-electron chi connectivity index (χ4n) is 5.56. The number of carboxylic acids is 1. The number of pyridine rings is 1. The first-order valence-corrected chi connectivity index (χ1v) is 13.6. The van der Waals surface area contributed by atoms with Crippen LogP contribution in [0, 0.1) is 5.92 Å². The zero-order valence-corrected chi connectivity index (χ0v) is 21.9. The lowest BCUT2D eigenvalue weighted by molar-refractivity contribution is -0.192. The zero-order valence-electron chi connectivity index (χ0n) is 21.9. The zero-order chi connectivity index (χ0) is 28.4. The van der Waals surface area contributed by atoms with Crippen molar-refractivity contribution < 1.29 is 37.5 Å². The molecular weight excluding hydrogens is 517 g/mol. The molecule has 2 heterocycles. The standard InChI is InChI=1S/C25H36N4O3.C2HF3O2/c30-23(16-18-7-1-2-8-18)28-21(15-19-9-5-13-26-17-19)25(32)29-14-6-12-22(29)24(31)27-20-10-3-4-11-20;3-2(4,5)1(6)7/h5,9,13,17-18,20-22H,1-4,6-8,10-12,14-16H2,(H,27,31)(H,28,30);(H,6,7)/t21-,22-;/m0./s1. The molecule has 3 fully saturated rings. The number of hydrogen-bond donors (Lipinski definition) is 3. The molecule has 9 nitrogen and oxygen atoms in total. The third-order valence-electron chi connectivity index (χ3n) is 7.53. The van der Waals surface area contributed by atoms with E-state index in [-0.39, 0.29) is 23.8 Å². The van der Waals surface area contributed by atoms with E-state index in [1.807, 2.05) is 12.1 Å². The van der Waals surface area contributed by atoms with E-state index < -0.39 is 24.2 Å². The normalized spacial score (nSPS) is 20.7. The van der Waals surface area contributed by atoms with Gasteiger partial charge in [-0.3, -0.25) is 19.4 Å². The molecule has 0 bridgehead atoms. The Labute approximate surface area is 225 Å². The van der Waals surface area contributed by atoms with Crippen LogP contribution in [0.3, 0.4) is 0 Å². The summed E-state index contributed by atoms with van der Waals surface area (Å²) >= 11 is 0. The summed E-state index contributed by atoms with van der Waals surface area (Å²) in [5.41, 5.74) is 0.901. The van der Waals surface area contributed by atoms with Crippen molar-refractivity contribution in [3.8, 4) is 0 Å². The van der Waals surface area contributed by atoms with Crippen LogP contribution in [0.25, 0.3) is 0 Å². The van der Waals surface area contributed by atoms with E-state index in [1.54, 1.807) is 17.3 Å². The lowest BCUT2D eigenvalue weighted by Gasteiger charge is -2.29. The molecule has 1 aromatic heterocycles. The molecule has 3 N–H and O–H groups in total. The van der Waals surface area contributed by atoms with E-state index in [0.717, 1.165) is 50.5 Å². The molecule has 2 saturated carbocycles. The molecule has 4 rings (SSSR count). The molecule has 0 aromatic carbocycles. The Bertz CT molecular complexity index is 979. The number of carbonyl (C=O) groups excluding carboxylic acids is 3. The Kier molecular flexibility index (Phi) is 11.1. The maximum Gasteiger partial charge on any atom is 0.490 e. The summed E-state index contributed by atoms with van der Waals surface area (Å²) in [6, 6.07) is 2.88. The molecule has 0 spiro atoms. The highest BCUT2D eigenvalue weighted by Gasteiger charge is 2.39. The smallest absolute Gasteiger partial charge is 0.475 e. The number of rotatable bonds is 8. The molecular formula is C27H37F3N4O5. The first kappa shape index (κ1) is 30.4. The van der Waals surface area contributed by atoms with E-state index >= 15 is 0 Å². The van der Waals surface area contributed by atoms with Crippen LogP contribution in [-0.4, -0.2) is 69.5 Å². The topological polar surface area (TPSA) is 129 Å². The number of halogens is 3. The minimum absolute atomic E-state index is 0.0415. The molecule has 0 unspecified atom stereocenters. The number of carboxylic acid groups (broad SMARTS) is 1. The maximum atomic E-state index is 13.6. The van der Waals surface area contributed by atoms with Gasteiger partial charge in [-0.15, -0.1) is 0 Å². The van der Waals surface area contributed by atoms with Crippen LogP contribution >= 0.6 is 0 Å². The summed E-state index contributed by atoms with van der Waals surface area (Å²) in [6.45, 7) is 0.559. The Morgan fingerprint density at radius 2 is 1.67 bits per heavy atom. The van der Waals surface area contributed by atoms with Crippen LogP contribution in [0.1, 0.15) is 76.2 Å². The van der Waals surface area contributed by atoms with Crippen molar-refractivity contribution >= 4 is 23.7 Å². The summed E-state index contributed by atoms with van der Waals surface area (Å²) in [6.07, 6.45) is 9.58. The van der Waals surface area contributed by atoms with Gasteiger partial charge in [-0.1, -0.05) is 31.7 Å². The van der Waals surface area contributed by atoms with E-state index in [1.165, 1.54) is 12.8 Å². The monoisotopic (exact) mass is 554 g/mol. The van der Waals surface area contributed by atoms with Crippen molar-refractivity contribution in [1.82, 2.24) is 20.5 Å². The first-order chi connectivity index (χ1) is 18.5. The number of aromatic nitrogens is 1. The third-order valence-corrected chi connectivity index (χ3v) is 7.53. The number of nitrogens with zero attached hydrogens (tertiary/aromatic N) is 2. The molecule has 39 heavy (non-hydrogen) atoms. The molecule has 0 radical (unpaired) electrons. The fraction of sp³-hybridized carbons (Fsp3) is 0.667. The summed E-state index contributed by atoms with van der Waals surface area (Å²) in [5.74, 6) is -2.60. The Balaban J connectivity index is 0.000000532. The lowest BCUT2D eigenvalue weighted by atomic mass is 10.0. The highest BCUT2D eigenvalue weighted by atomic mass is 19.4. The number of hydrogen-bond acceptors (Lipinski definition) is 5. The van der Waals surface area contributed by atoms with Gasteiger partial charge in [0.1, 0.15) is 12.1 Å². The average molecular weight is 555 g/mol. The molecule has 12 heteroatoms. The van der Waals surface area contributed by atoms with E-state index in [9.17, 15) is 27.6 Å². The SMILES string of the molecule is O=C(CC1CCCC1)N[C@@H](Cc1cccnc1)C(=O)N1CCC[C@H]1C(=O)NC1CCCC1.O=C(O)C(F)(F)F. The average Bonchev–Trinajstić information content (AvgIpc) is 3.67. The second kappa shape index (κ2) is 14.3. The van der Waals surface area contributed by atoms with Gasteiger partial charge >= 0.3 is 12.1 Å². The predicted octanol–water partition coefficient (Wildman–Crippen LogP) is 3.37. The first-order valence-electron chi connectivity index (χ1n) is 13.6. The molecule has 2 aliphatic carbocycles. The molecule has 216 valence electrons. The molecule has 1 saturated heterocycles. The number of amides is 3. The quantitative estimate of drug-likeness (QED) is 0.452. The van der Waals surface area contributed by atoms with Gasteiger partial charge in [0.05, 0.1) is 0 Å². The molecule has 2 atom stereocenters. The number of likely N-dealkylation sites (tertiary alicyclic amines) is 1. The van der Waals surface area contributed by atoms with E-state index in [0.29, 0.717) is 31.7 Å². The van der Waals surface area contributed by atoms with Gasteiger partial charge in [0, 0.05) is 37.8 Å². The van der Waals surface area contributed by atoms with Crippen LogP contribution in [0.4, 0.5) is 13.2 Å². The number of carbonyl (C=O) groups is 4. The highest BCUT2D eigenvalue weighted by Crippen LogP contribution is 2.28. The Morgan fingerprint density at radius 1 is 1.03 bits per heavy atom. The van der Waals surface area contributed by atoms with Gasteiger partial charge in [-0.05, 0) is 56.1 Å². The predicted molar refractivity (Wildman–Crippen MR) is 135 cm³/mol. The van der Waals surface area contributed by atoms with Crippen molar-refractivity contribution in [2.45, 2.75) is 101 Å². The van der Waals surface area contributed by atoms with Crippen LogP contribution in [0.15, 0.2) is 24.5 Å². The maximum absolute atomic E-state index is 13.6. The molecule has 3 amide bonds. The van der Waals surface area contributed by atoms with Gasteiger partial charge in [-0.2, -0.15) is 13.2 Å². The summed E-state index contributed by atoms with van der Waals surface area (Å²) in [4.78, 5) is 54.1. The van der Waals surface area contributed by atoms with Gasteiger partial charge in [0.2, 0.25) is 17.7 Å². The van der Waals surface area contributed by atoms with Gasteiger partial charge in [-0.25, -0.2) is 4.79 Å². The summed E-state index contributed by atoms with van der Waals surface area (Å²) in [5, 5.41) is 13.3. The van der Waals surface area contributed by atoms with Crippen molar-refractivity contribution in [3.63, 3.8) is 0 Å². The second-order valence-electron chi connectivity index (χ2n) is 10.5. The summed E-state index contributed by atoms with van der Waals surface area (Å²) < 4.78 is 31.7. The van der Waals surface area contributed by atoms with E-state index in [4.69, 9.17) is 9.90 Å². The van der Waals surface area contributed by atoms with Gasteiger partial charge in [0.25, 0.3) is 0 Å². The number of nitrogens with one attached hydrogen (secondary N) is 2. The Morgan fingerprint density at radius 3 is 2.26 bits per heavy atom. The van der Waals surface area contributed by atoms with E-state index in [2.05, 4.69) is 15.6 Å². The molecule has 3 aliphatic rings. The van der Waals surface area contributed by atoms with Crippen molar-refractivity contribution in [3.05, 3.63) is 30.1 Å². The van der Waals surface area contributed by atoms with Gasteiger partial charge < -0.3 is 20.6 Å². The van der Waals surface area contributed by atoms with Crippen molar-refractivity contribution in [2.24, 2.45) is 5.92 Å². The number of alkyl halides is 3. The van der Waals surface area contributed by atoms with Crippen LogP contribution in [-0.2, 0) is 25.6 Å². The van der Waals surface area contributed by atoms with Crippen molar-refractivity contribution in [1.29, 1.82) is 0 Å². The van der Waals surface area contributed by atoms with Crippen LogP contribution < -0.4 is 10.6 Å². The molecule has 1 aliphatic heterocycles. The van der Waals surface area contributed by atoms with Crippen LogP contribution in [0.2, 0.25) is 0 Å². The molecule has 1 aromatic rings. The Hall–Kier alpha value is -3.18. The van der Waals surface area contributed by atoms with Crippen molar-refractivity contribution in [2.75, 3.05) is 6.54 Å². The lowest BCUT2D eigenvalue weighted by Crippen LogP contribution is -2.55. The number of aliphatic carboxylic acids is 1. The second-order valence-corrected chi connectivity index (χ2v) is 10.5. The summed E-state index contributed by atoms with van der Waals surface area (Å²) in [7, 11) is 0. The minimum Gasteiger partial charge on any atom is -0.475 e. The van der Waals surface area contributed by atoms with Crippen LogP contribution in [0.5, 0.6) is 0 Å². The fourth-order valence-corrected chi connectivity index (χ4v) is 5.56. The highest BCUT2D eigenvalue weighted by molar-refractivity contribution is 5.93. The third kappa shape index (κ3) is 9.50. The van der Waals surface area contributed by atoms with Gasteiger partial charge in [0.15, 0.2) is 0 Å². The largest absolute Gasteiger partial charge is 0.490 e. The minimum atomic E-state index is -5.08.